The number of fused-ring (bicyclic) bond motifs is 2. The third-order valence-electron chi connectivity index (χ3n) is 5.91. The molecule has 1 aliphatic heterocycles. The van der Waals surface area contributed by atoms with E-state index >= 15 is 0 Å². The van der Waals surface area contributed by atoms with E-state index in [4.69, 9.17) is 4.98 Å². The summed E-state index contributed by atoms with van der Waals surface area (Å²) in [6.07, 6.45) is 8.24. The Labute approximate surface area is 175 Å². The minimum absolute atomic E-state index is 0.0628. The van der Waals surface area contributed by atoms with Crippen LogP contribution in [0.1, 0.15) is 25.3 Å². The zero-order valence-corrected chi connectivity index (χ0v) is 17.4. The van der Waals surface area contributed by atoms with Gasteiger partial charge < -0.3 is 0 Å². The zero-order chi connectivity index (χ0) is 20.7. The number of benzene rings is 1. The van der Waals surface area contributed by atoms with Crippen LogP contribution in [-0.2, 0) is 7.05 Å². The van der Waals surface area contributed by atoms with Crippen LogP contribution in [0.15, 0.2) is 59.7 Å². The molecule has 1 aliphatic rings. The lowest BCUT2D eigenvalue weighted by Crippen LogP contribution is -2.29. The second-order valence-electron chi connectivity index (χ2n) is 7.95. The molecular formula is C24H25N5O. The van der Waals surface area contributed by atoms with Crippen LogP contribution < -0.4 is 5.56 Å². The first kappa shape index (κ1) is 18.8. The van der Waals surface area contributed by atoms with Gasteiger partial charge in [0.25, 0.3) is 5.56 Å². The van der Waals surface area contributed by atoms with Crippen LogP contribution in [-0.4, -0.2) is 43.7 Å². The van der Waals surface area contributed by atoms with Crippen molar-refractivity contribution in [2.24, 2.45) is 7.05 Å². The van der Waals surface area contributed by atoms with E-state index in [9.17, 15) is 4.79 Å². The quantitative estimate of drug-likeness (QED) is 0.525. The molecule has 6 nitrogen and oxygen atoms in total. The van der Waals surface area contributed by atoms with E-state index < -0.39 is 0 Å². The van der Waals surface area contributed by atoms with E-state index in [-0.39, 0.29) is 5.56 Å². The van der Waals surface area contributed by atoms with Crippen molar-refractivity contribution in [3.63, 3.8) is 0 Å². The lowest BCUT2D eigenvalue weighted by Gasteiger charge is -2.26. The summed E-state index contributed by atoms with van der Waals surface area (Å²) in [6.45, 7) is 5.40. The molecule has 0 unspecified atom stereocenters. The van der Waals surface area contributed by atoms with Gasteiger partial charge in [-0.2, -0.15) is 5.10 Å². The maximum Gasteiger partial charge on any atom is 0.258 e. The predicted molar refractivity (Wildman–Crippen MR) is 120 cm³/mol. The van der Waals surface area contributed by atoms with E-state index in [2.05, 4.69) is 29.1 Å². The second kappa shape index (κ2) is 7.54. The summed E-state index contributed by atoms with van der Waals surface area (Å²) in [7, 11) is 1.92. The van der Waals surface area contributed by atoms with Gasteiger partial charge in [-0.25, -0.2) is 4.98 Å². The van der Waals surface area contributed by atoms with Crippen molar-refractivity contribution in [3.8, 4) is 11.3 Å². The Morgan fingerprint density at radius 1 is 1.10 bits per heavy atom. The van der Waals surface area contributed by atoms with E-state index in [1.54, 1.807) is 10.5 Å². The Hall–Kier alpha value is -3.25. The number of pyridine rings is 1. The monoisotopic (exact) mass is 399 g/mol. The lowest BCUT2D eigenvalue weighted by atomic mass is 10.0. The molecule has 6 heteroatoms. The third kappa shape index (κ3) is 3.33. The molecular weight excluding hydrogens is 374 g/mol. The van der Waals surface area contributed by atoms with Crippen LogP contribution in [0.2, 0.25) is 0 Å². The number of rotatable bonds is 4. The Kier molecular flexibility index (Phi) is 4.71. The molecule has 0 amide bonds. The van der Waals surface area contributed by atoms with Gasteiger partial charge in [0.15, 0.2) is 0 Å². The number of aromatic nitrogens is 4. The van der Waals surface area contributed by atoms with Gasteiger partial charge in [-0.1, -0.05) is 19.1 Å². The molecule has 3 aromatic heterocycles. The van der Waals surface area contributed by atoms with Crippen LogP contribution >= 0.6 is 0 Å². The largest absolute Gasteiger partial charge is 0.299 e. The average Bonchev–Trinajstić information content (AvgIpc) is 3.14. The number of aryl methyl sites for hydroxylation is 1. The maximum atomic E-state index is 12.9. The van der Waals surface area contributed by atoms with Gasteiger partial charge in [0, 0.05) is 43.4 Å². The number of hydrogen-bond acceptors (Lipinski definition) is 4. The lowest BCUT2D eigenvalue weighted by molar-refractivity contribution is 0.302. The Bertz CT molecular complexity index is 1330. The molecule has 5 rings (SSSR count). The molecule has 0 N–H and O–H groups in total. The summed E-state index contributed by atoms with van der Waals surface area (Å²) in [5.74, 6) is 0. The van der Waals surface area contributed by atoms with Crippen molar-refractivity contribution < 1.29 is 0 Å². The molecule has 152 valence electrons. The Balaban J connectivity index is 1.50. The van der Waals surface area contributed by atoms with Gasteiger partial charge in [0.1, 0.15) is 5.65 Å². The van der Waals surface area contributed by atoms with E-state index in [0.29, 0.717) is 11.3 Å². The molecule has 0 atom stereocenters. The highest BCUT2D eigenvalue weighted by Gasteiger charge is 2.14. The fraction of sp³-hybridized carbons (Fsp3) is 0.292. The Morgan fingerprint density at radius 3 is 2.77 bits per heavy atom. The molecule has 0 saturated heterocycles. The molecule has 4 heterocycles. The summed E-state index contributed by atoms with van der Waals surface area (Å²) in [6, 6.07) is 11.7. The highest BCUT2D eigenvalue weighted by Crippen LogP contribution is 2.25. The van der Waals surface area contributed by atoms with Gasteiger partial charge in [0.2, 0.25) is 0 Å². The van der Waals surface area contributed by atoms with Crippen LogP contribution in [0.3, 0.4) is 0 Å². The maximum absolute atomic E-state index is 12.9. The minimum atomic E-state index is -0.0628. The van der Waals surface area contributed by atoms with Gasteiger partial charge in [-0.15, -0.1) is 0 Å². The molecule has 4 aromatic rings. The molecule has 0 spiro atoms. The first-order chi connectivity index (χ1) is 14.6. The molecule has 0 bridgehead atoms. The average molecular weight is 399 g/mol. The standard InChI is InChI=1S/C24H25N5O/c1-3-10-28-11-8-17(9-12-28)19-5-7-23-26-21(14-24(30)29(23)16-19)18-4-6-22-20(13-18)15-25-27(22)2/h4-8,13-16H,3,9-12H2,1-2H3. The molecule has 0 radical (unpaired) electrons. The van der Waals surface area contributed by atoms with Crippen LogP contribution in [0.5, 0.6) is 0 Å². The van der Waals surface area contributed by atoms with Crippen LogP contribution in [0, 0.1) is 0 Å². The highest BCUT2D eigenvalue weighted by atomic mass is 16.1. The van der Waals surface area contributed by atoms with Crippen molar-refractivity contribution in [2.75, 3.05) is 19.6 Å². The highest BCUT2D eigenvalue weighted by molar-refractivity contribution is 5.84. The van der Waals surface area contributed by atoms with E-state index in [0.717, 1.165) is 48.1 Å². The van der Waals surface area contributed by atoms with Gasteiger partial charge in [-0.05, 0) is 54.8 Å². The molecule has 30 heavy (non-hydrogen) atoms. The van der Waals surface area contributed by atoms with E-state index in [1.807, 2.05) is 48.4 Å². The first-order valence-electron chi connectivity index (χ1n) is 10.5. The van der Waals surface area contributed by atoms with Crippen molar-refractivity contribution in [1.82, 2.24) is 24.1 Å². The van der Waals surface area contributed by atoms with Crippen molar-refractivity contribution in [2.45, 2.75) is 19.8 Å². The first-order valence-corrected chi connectivity index (χ1v) is 10.5. The second-order valence-corrected chi connectivity index (χ2v) is 7.95. The van der Waals surface area contributed by atoms with Crippen molar-refractivity contribution >= 4 is 22.1 Å². The summed E-state index contributed by atoms with van der Waals surface area (Å²) in [5, 5.41) is 5.32. The zero-order valence-electron chi connectivity index (χ0n) is 17.4. The van der Waals surface area contributed by atoms with Crippen LogP contribution in [0.25, 0.3) is 33.4 Å². The number of nitrogens with zero attached hydrogens (tertiary/aromatic N) is 5. The fourth-order valence-corrected chi connectivity index (χ4v) is 4.26. The SMILES string of the molecule is CCCN1CC=C(c2ccc3nc(-c4ccc5c(cnn5C)c4)cc(=O)n3c2)CC1. The Morgan fingerprint density at radius 2 is 1.97 bits per heavy atom. The van der Waals surface area contributed by atoms with Crippen molar-refractivity contribution in [3.05, 3.63) is 70.8 Å². The molecule has 1 aromatic carbocycles. The summed E-state index contributed by atoms with van der Waals surface area (Å²) in [4.78, 5) is 20.1. The minimum Gasteiger partial charge on any atom is -0.299 e. The normalized spacial score (nSPS) is 15.1. The van der Waals surface area contributed by atoms with Crippen molar-refractivity contribution in [1.29, 1.82) is 0 Å². The van der Waals surface area contributed by atoms with E-state index in [1.165, 1.54) is 12.0 Å². The summed E-state index contributed by atoms with van der Waals surface area (Å²) < 4.78 is 3.49. The molecule has 0 fully saturated rings. The van der Waals surface area contributed by atoms with Gasteiger partial charge in [-0.3, -0.25) is 18.8 Å². The van der Waals surface area contributed by atoms with Gasteiger partial charge >= 0.3 is 0 Å². The number of hydrogen-bond donors (Lipinski definition) is 0. The fourth-order valence-electron chi connectivity index (χ4n) is 4.26. The topological polar surface area (TPSA) is 55.4 Å². The predicted octanol–water partition coefficient (Wildman–Crippen LogP) is 3.75. The van der Waals surface area contributed by atoms with Gasteiger partial charge in [0.05, 0.1) is 17.4 Å². The molecule has 0 saturated carbocycles. The molecule has 0 aliphatic carbocycles. The third-order valence-corrected chi connectivity index (χ3v) is 5.91. The summed E-state index contributed by atoms with van der Waals surface area (Å²) in [5.41, 5.74) is 5.67. The van der Waals surface area contributed by atoms with Crippen LogP contribution in [0.4, 0.5) is 0 Å². The summed E-state index contributed by atoms with van der Waals surface area (Å²) >= 11 is 0. The smallest absolute Gasteiger partial charge is 0.258 e.